The van der Waals surface area contributed by atoms with Crippen LogP contribution in [0.5, 0.6) is 0 Å². The molecule has 3 heteroatoms. The van der Waals surface area contributed by atoms with Crippen molar-refractivity contribution in [3.8, 4) is 12.3 Å². The zero-order valence-corrected chi connectivity index (χ0v) is 12.3. The first kappa shape index (κ1) is 17.0. The minimum Gasteiger partial charge on any atom is -0.446 e. The van der Waals surface area contributed by atoms with Crippen LogP contribution in [0.25, 0.3) is 0 Å². The zero-order valence-electron chi connectivity index (χ0n) is 12.3. The number of terminal acetylenes is 1. The maximum atomic E-state index is 11.0. The molecule has 18 heavy (non-hydrogen) atoms. The van der Waals surface area contributed by atoms with Gasteiger partial charge in [-0.3, -0.25) is 4.79 Å². The summed E-state index contributed by atoms with van der Waals surface area (Å²) in [6, 6.07) is 0. The second-order valence-corrected chi connectivity index (χ2v) is 5.23. The van der Waals surface area contributed by atoms with E-state index in [1.807, 2.05) is 0 Å². The second-order valence-electron chi connectivity index (χ2n) is 5.23. The van der Waals surface area contributed by atoms with Gasteiger partial charge in [0, 0.05) is 14.0 Å². The van der Waals surface area contributed by atoms with Crippen LogP contribution in [0.15, 0.2) is 0 Å². The molecule has 0 radical (unpaired) electrons. The molecule has 0 aliphatic carbocycles. The molecule has 0 fully saturated rings. The summed E-state index contributed by atoms with van der Waals surface area (Å²) < 4.78 is 10.7. The van der Waals surface area contributed by atoms with Gasteiger partial charge in [0.25, 0.3) is 0 Å². The van der Waals surface area contributed by atoms with Crippen molar-refractivity contribution in [2.24, 2.45) is 0 Å². The van der Waals surface area contributed by atoms with Crippen LogP contribution in [0.1, 0.15) is 59.8 Å². The Bertz CT molecular complexity index is 305. The van der Waals surface area contributed by atoms with Crippen molar-refractivity contribution in [1.82, 2.24) is 0 Å². The van der Waals surface area contributed by atoms with E-state index >= 15 is 0 Å². The summed E-state index contributed by atoms with van der Waals surface area (Å²) in [5, 5.41) is 0. The van der Waals surface area contributed by atoms with Crippen molar-refractivity contribution < 1.29 is 14.3 Å². The maximum Gasteiger partial charge on any atom is 0.304 e. The van der Waals surface area contributed by atoms with Gasteiger partial charge in [0.05, 0.1) is 5.60 Å². The standard InChI is InChI=1S/C15H26O3/c1-7-10-15(5,17-6)12-9-11-14(4,8-2)18-13(3)16/h2H,7,9-12H2,1,3-6H3/t14-,15+/m0/s1. The average molecular weight is 254 g/mol. The highest BCUT2D eigenvalue weighted by Gasteiger charge is 2.27. The molecule has 0 heterocycles. The molecule has 0 saturated heterocycles. The molecule has 0 unspecified atom stereocenters. The number of esters is 1. The first-order chi connectivity index (χ1) is 8.31. The van der Waals surface area contributed by atoms with Crippen molar-refractivity contribution in [3.63, 3.8) is 0 Å². The molecule has 0 aliphatic rings. The number of methoxy groups -OCH3 is 1. The van der Waals surface area contributed by atoms with Gasteiger partial charge in [-0.15, -0.1) is 6.42 Å². The number of carbonyl (C=O) groups excluding carboxylic acids is 1. The summed E-state index contributed by atoms with van der Waals surface area (Å²) in [6.07, 6.45) is 9.98. The lowest BCUT2D eigenvalue weighted by Gasteiger charge is -2.30. The third-order valence-corrected chi connectivity index (χ3v) is 3.31. The summed E-state index contributed by atoms with van der Waals surface area (Å²) in [7, 11) is 1.74. The zero-order chi connectivity index (χ0) is 14.2. The van der Waals surface area contributed by atoms with Gasteiger partial charge in [-0.1, -0.05) is 19.3 Å². The van der Waals surface area contributed by atoms with Crippen LogP contribution in [0.3, 0.4) is 0 Å². The van der Waals surface area contributed by atoms with E-state index in [9.17, 15) is 4.79 Å². The van der Waals surface area contributed by atoms with Crippen LogP contribution in [-0.4, -0.2) is 24.3 Å². The molecule has 0 rings (SSSR count). The fourth-order valence-electron chi connectivity index (χ4n) is 2.13. The van der Waals surface area contributed by atoms with Crippen LogP contribution in [0, 0.1) is 12.3 Å². The normalized spacial score (nSPS) is 17.3. The van der Waals surface area contributed by atoms with E-state index in [1.165, 1.54) is 6.92 Å². The monoisotopic (exact) mass is 254 g/mol. The van der Waals surface area contributed by atoms with E-state index < -0.39 is 5.60 Å². The van der Waals surface area contributed by atoms with E-state index in [0.29, 0.717) is 6.42 Å². The average Bonchev–Trinajstić information content (AvgIpc) is 2.28. The van der Waals surface area contributed by atoms with Crippen molar-refractivity contribution >= 4 is 5.97 Å². The Morgan fingerprint density at radius 1 is 1.28 bits per heavy atom. The molecule has 0 saturated carbocycles. The number of ether oxygens (including phenoxy) is 2. The van der Waals surface area contributed by atoms with Crippen LogP contribution in [-0.2, 0) is 14.3 Å². The molecular weight excluding hydrogens is 228 g/mol. The summed E-state index contributed by atoms with van der Waals surface area (Å²) in [5.74, 6) is 2.23. The number of rotatable bonds is 8. The van der Waals surface area contributed by atoms with Gasteiger partial charge in [-0.25, -0.2) is 0 Å². The summed E-state index contributed by atoms with van der Waals surface area (Å²) in [5.41, 5.74) is -0.910. The maximum absolute atomic E-state index is 11.0. The van der Waals surface area contributed by atoms with Gasteiger partial charge >= 0.3 is 5.97 Å². The molecule has 0 aromatic carbocycles. The predicted octanol–water partition coefficient (Wildman–Crippen LogP) is 3.32. The lowest BCUT2D eigenvalue weighted by atomic mass is 9.90. The van der Waals surface area contributed by atoms with E-state index in [0.717, 1.165) is 25.7 Å². The highest BCUT2D eigenvalue weighted by molar-refractivity contribution is 5.67. The predicted molar refractivity (Wildman–Crippen MR) is 73.2 cm³/mol. The SMILES string of the molecule is C#C[C@@](C)(CCC[C@@](C)(CCC)OC)OC(C)=O. The Morgan fingerprint density at radius 2 is 1.89 bits per heavy atom. The Balaban J connectivity index is 4.30. The van der Waals surface area contributed by atoms with Crippen molar-refractivity contribution in [1.29, 1.82) is 0 Å². The Morgan fingerprint density at radius 3 is 2.28 bits per heavy atom. The lowest BCUT2D eigenvalue weighted by Crippen LogP contribution is -2.31. The van der Waals surface area contributed by atoms with Gasteiger partial charge in [0.1, 0.15) is 0 Å². The van der Waals surface area contributed by atoms with Gasteiger partial charge < -0.3 is 9.47 Å². The number of hydrogen-bond acceptors (Lipinski definition) is 3. The largest absolute Gasteiger partial charge is 0.446 e. The first-order valence-electron chi connectivity index (χ1n) is 6.53. The van der Waals surface area contributed by atoms with Crippen LogP contribution in [0.4, 0.5) is 0 Å². The lowest BCUT2D eigenvalue weighted by molar-refractivity contribution is -0.150. The Hall–Kier alpha value is -1.01. The van der Waals surface area contributed by atoms with Crippen LogP contribution >= 0.6 is 0 Å². The molecule has 0 bridgehead atoms. The summed E-state index contributed by atoms with van der Waals surface area (Å²) in [4.78, 5) is 11.0. The highest BCUT2D eigenvalue weighted by Crippen LogP contribution is 2.26. The molecule has 0 spiro atoms. The third-order valence-electron chi connectivity index (χ3n) is 3.31. The molecule has 2 atom stereocenters. The van der Waals surface area contributed by atoms with Crippen LogP contribution in [0.2, 0.25) is 0 Å². The minimum absolute atomic E-state index is 0.111. The van der Waals surface area contributed by atoms with Gasteiger partial charge in [0.2, 0.25) is 0 Å². The summed E-state index contributed by atoms with van der Waals surface area (Å²) in [6.45, 7) is 7.40. The van der Waals surface area contributed by atoms with Crippen LogP contribution < -0.4 is 0 Å². The fraction of sp³-hybridized carbons (Fsp3) is 0.800. The number of hydrogen-bond donors (Lipinski definition) is 0. The van der Waals surface area contributed by atoms with Crippen molar-refractivity contribution in [2.45, 2.75) is 71.0 Å². The minimum atomic E-state index is -0.799. The first-order valence-corrected chi connectivity index (χ1v) is 6.53. The third kappa shape index (κ3) is 6.07. The highest BCUT2D eigenvalue weighted by atomic mass is 16.6. The van der Waals surface area contributed by atoms with Gasteiger partial charge in [-0.2, -0.15) is 0 Å². The fourth-order valence-corrected chi connectivity index (χ4v) is 2.13. The van der Waals surface area contributed by atoms with Gasteiger partial charge in [-0.05, 0) is 39.5 Å². The molecule has 3 nitrogen and oxygen atoms in total. The Labute approximate surface area is 111 Å². The Kier molecular flexibility index (Phi) is 7.01. The topological polar surface area (TPSA) is 35.5 Å². The van der Waals surface area contributed by atoms with E-state index in [4.69, 9.17) is 15.9 Å². The molecule has 104 valence electrons. The molecular formula is C15H26O3. The molecule has 0 amide bonds. The quantitative estimate of drug-likeness (QED) is 0.492. The second kappa shape index (κ2) is 7.43. The molecule has 0 aromatic rings. The van der Waals surface area contributed by atoms with Crippen molar-refractivity contribution in [3.05, 3.63) is 0 Å². The van der Waals surface area contributed by atoms with E-state index in [2.05, 4.69) is 19.8 Å². The molecule has 0 N–H and O–H groups in total. The number of carbonyl (C=O) groups is 1. The van der Waals surface area contributed by atoms with E-state index in [1.54, 1.807) is 14.0 Å². The smallest absolute Gasteiger partial charge is 0.304 e. The van der Waals surface area contributed by atoms with Crippen molar-refractivity contribution in [2.75, 3.05) is 7.11 Å². The van der Waals surface area contributed by atoms with Gasteiger partial charge in [0.15, 0.2) is 5.60 Å². The molecule has 0 aromatic heterocycles. The van der Waals surface area contributed by atoms with E-state index in [-0.39, 0.29) is 11.6 Å². The summed E-state index contributed by atoms with van der Waals surface area (Å²) >= 11 is 0. The molecule has 0 aliphatic heterocycles.